The molecule has 1 aromatic rings. The van der Waals surface area contributed by atoms with Crippen LogP contribution in [0.3, 0.4) is 0 Å². The Morgan fingerprint density at radius 2 is 2.00 bits per heavy atom. The van der Waals surface area contributed by atoms with Crippen molar-refractivity contribution in [1.82, 2.24) is 0 Å². The van der Waals surface area contributed by atoms with Crippen LogP contribution in [0.1, 0.15) is 58.0 Å². The van der Waals surface area contributed by atoms with E-state index in [9.17, 15) is 0 Å². The molecule has 1 heterocycles. The van der Waals surface area contributed by atoms with Gasteiger partial charge in [-0.3, -0.25) is 0 Å². The summed E-state index contributed by atoms with van der Waals surface area (Å²) >= 11 is 0. The molecule has 0 radical (unpaired) electrons. The highest BCUT2D eigenvalue weighted by molar-refractivity contribution is 5.70. The number of allylic oxidation sites excluding steroid dienone is 4. The Bertz CT molecular complexity index is 369. The Hall–Kier alpha value is -1.24. The minimum atomic E-state index is 0.982. The predicted octanol–water partition coefficient (Wildman–Crippen LogP) is 5.38. The van der Waals surface area contributed by atoms with Gasteiger partial charge in [-0.25, -0.2) is 0 Å². The van der Waals surface area contributed by atoms with Crippen LogP contribution in [-0.4, -0.2) is 0 Å². The maximum Gasteiger partial charge on any atom is 0.133 e. The topological polar surface area (TPSA) is 13.1 Å². The SMILES string of the molecule is C/C=C\C(=C/C)c1ccc(CCCCCC)o1. The third kappa shape index (κ3) is 4.64. The Labute approximate surface area is 105 Å². The lowest BCUT2D eigenvalue weighted by atomic mass is 10.1. The van der Waals surface area contributed by atoms with Crippen LogP contribution in [0.5, 0.6) is 0 Å². The van der Waals surface area contributed by atoms with Crippen LogP contribution in [0, 0.1) is 0 Å². The van der Waals surface area contributed by atoms with Crippen molar-refractivity contribution in [3.05, 3.63) is 41.9 Å². The fourth-order valence-corrected chi connectivity index (χ4v) is 1.89. The largest absolute Gasteiger partial charge is 0.461 e. The molecular weight excluding hydrogens is 208 g/mol. The predicted molar refractivity (Wildman–Crippen MR) is 75.0 cm³/mol. The van der Waals surface area contributed by atoms with Crippen molar-refractivity contribution in [2.75, 3.05) is 0 Å². The van der Waals surface area contributed by atoms with Gasteiger partial charge in [0.2, 0.25) is 0 Å². The molecule has 1 nitrogen and oxygen atoms in total. The van der Waals surface area contributed by atoms with Crippen molar-refractivity contribution in [2.24, 2.45) is 0 Å². The van der Waals surface area contributed by atoms with Crippen LogP contribution in [0.2, 0.25) is 0 Å². The van der Waals surface area contributed by atoms with E-state index in [0.717, 1.165) is 23.5 Å². The molecule has 0 saturated carbocycles. The van der Waals surface area contributed by atoms with Crippen molar-refractivity contribution >= 4 is 5.57 Å². The monoisotopic (exact) mass is 232 g/mol. The van der Waals surface area contributed by atoms with Gasteiger partial charge in [-0.15, -0.1) is 0 Å². The molecule has 0 saturated heterocycles. The van der Waals surface area contributed by atoms with Crippen LogP contribution in [0.4, 0.5) is 0 Å². The normalized spacial score (nSPS) is 12.5. The fourth-order valence-electron chi connectivity index (χ4n) is 1.89. The first-order valence-corrected chi connectivity index (χ1v) is 6.69. The molecule has 0 unspecified atom stereocenters. The minimum absolute atomic E-state index is 0.982. The Morgan fingerprint density at radius 3 is 2.65 bits per heavy atom. The molecule has 17 heavy (non-hydrogen) atoms. The molecule has 0 amide bonds. The van der Waals surface area contributed by atoms with Crippen LogP contribution in [0.25, 0.3) is 5.57 Å². The highest BCUT2D eigenvalue weighted by Crippen LogP contribution is 2.20. The quantitative estimate of drug-likeness (QED) is 0.454. The van der Waals surface area contributed by atoms with E-state index in [1.807, 2.05) is 19.9 Å². The second-order valence-corrected chi connectivity index (χ2v) is 4.32. The van der Waals surface area contributed by atoms with Gasteiger partial charge in [0.05, 0.1) is 0 Å². The molecule has 0 N–H and O–H groups in total. The zero-order valence-electron chi connectivity index (χ0n) is 11.3. The van der Waals surface area contributed by atoms with Gasteiger partial charge in [-0.1, -0.05) is 44.4 Å². The summed E-state index contributed by atoms with van der Waals surface area (Å²) in [6, 6.07) is 4.18. The van der Waals surface area contributed by atoms with Crippen molar-refractivity contribution in [3.8, 4) is 0 Å². The Morgan fingerprint density at radius 1 is 1.18 bits per heavy atom. The summed E-state index contributed by atoms with van der Waals surface area (Å²) < 4.78 is 5.85. The van der Waals surface area contributed by atoms with E-state index in [4.69, 9.17) is 4.42 Å². The number of furan rings is 1. The minimum Gasteiger partial charge on any atom is -0.461 e. The van der Waals surface area contributed by atoms with Gasteiger partial charge >= 0.3 is 0 Å². The zero-order chi connectivity index (χ0) is 12.5. The van der Waals surface area contributed by atoms with Gasteiger partial charge in [0, 0.05) is 12.0 Å². The van der Waals surface area contributed by atoms with Crippen molar-refractivity contribution in [2.45, 2.75) is 52.9 Å². The van der Waals surface area contributed by atoms with Crippen molar-refractivity contribution < 1.29 is 4.42 Å². The average Bonchev–Trinajstić information content (AvgIpc) is 2.80. The van der Waals surface area contributed by atoms with E-state index in [-0.39, 0.29) is 0 Å². The third-order valence-electron chi connectivity index (χ3n) is 2.88. The van der Waals surface area contributed by atoms with E-state index in [2.05, 4.69) is 31.2 Å². The van der Waals surface area contributed by atoms with Gasteiger partial charge in [0.15, 0.2) is 0 Å². The van der Waals surface area contributed by atoms with E-state index in [0.29, 0.717) is 0 Å². The zero-order valence-corrected chi connectivity index (χ0v) is 11.3. The Kier molecular flexibility index (Phi) is 6.46. The number of aryl methyl sites for hydroxylation is 1. The molecule has 1 aromatic heterocycles. The maximum absolute atomic E-state index is 5.85. The third-order valence-corrected chi connectivity index (χ3v) is 2.88. The molecule has 0 bridgehead atoms. The average molecular weight is 232 g/mol. The van der Waals surface area contributed by atoms with Gasteiger partial charge in [0.1, 0.15) is 11.5 Å². The molecule has 94 valence electrons. The molecule has 0 fully saturated rings. The van der Waals surface area contributed by atoms with Gasteiger partial charge < -0.3 is 4.42 Å². The van der Waals surface area contributed by atoms with Crippen LogP contribution >= 0.6 is 0 Å². The molecule has 0 aromatic carbocycles. The molecule has 0 aliphatic carbocycles. The van der Waals surface area contributed by atoms with E-state index < -0.39 is 0 Å². The van der Waals surface area contributed by atoms with E-state index in [1.54, 1.807) is 0 Å². The maximum atomic E-state index is 5.85. The van der Waals surface area contributed by atoms with Crippen LogP contribution in [0.15, 0.2) is 34.8 Å². The first-order valence-electron chi connectivity index (χ1n) is 6.69. The van der Waals surface area contributed by atoms with Crippen molar-refractivity contribution in [3.63, 3.8) is 0 Å². The van der Waals surface area contributed by atoms with Gasteiger partial charge in [0.25, 0.3) is 0 Å². The Balaban J connectivity index is 2.53. The second kappa shape index (κ2) is 7.94. The first kappa shape index (κ1) is 13.8. The van der Waals surface area contributed by atoms with E-state index in [1.165, 1.54) is 25.7 Å². The molecule has 0 spiro atoms. The highest BCUT2D eigenvalue weighted by Gasteiger charge is 2.04. The number of hydrogen-bond acceptors (Lipinski definition) is 1. The summed E-state index contributed by atoms with van der Waals surface area (Å²) in [4.78, 5) is 0. The second-order valence-electron chi connectivity index (χ2n) is 4.32. The summed E-state index contributed by atoms with van der Waals surface area (Å²) in [5.41, 5.74) is 1.16. The molecule has 0 atom stereocenters. The summed E-state index contributed by atoms with van der Waals surface area (Å²) in [6.07, 6.45) is 12.4. The number of unbranched alkanes of at least 4 members (excludes halogenated alkanes) is 3. The lowest BCUT2D eigenvalue weighted by Crippen LogP contribution is -1.82. The van der Waals surface area contributed by atoms with Crippen LogP contribution < -0.4 is 0 Å². The summed E-state index contributed by atoms with van der Waals surface area (Å²) in [6.45, 7) is 6.30. The molecule has 0 aliphatic rings. The lowest BCUT2D eigenvalue weighted by molar-refractivity contribution is 0.485. The molecule has 1 heteroatoms. The highest BCUT2D eigenvalue weighted by atomic mass is 16.3. The standard InChI is InChI=1S/C16H24O/c1-4-7-8-9-11-15-12-13-16(17-15)14(6-3)10-5-2/h5-6,10,12-13H,4,7-9,11H2,1-3H3/b10-5-,14-6+. The summed E-state index contributed by atoms with van der Waals surface area (Å²) in [7, 11) is 0. The lowest BCUT2D eigenvalue weighted by Gasteiger charge is -1.98. The van der Waals surface area contributed by atoms with Gasteiger partial charge in [-0.2, -0.15) is 0 Å². The summed E-state index contributed by atoms with van der Waals surface area (Å²) in [5, 5.41) is 0. The molecule has 0 aliphatic heterocycles. The number of hydrogen-bond donors (Lipinski definition) is 0. The smallest absolute Gasteiger partial charge is 0.133 e. The summed E-state index contributed by atoms with van der Waals surface area (Å²) in [5.74, 6) is 2.09. The van der Waals surface area contributed by atoms with Gasteiger partial charge in [-0.05, 0) is 32.4 Å². The van der Waals surface area contributed by atoms with Crippen LogP contribution in [-0.2, 0) is 6.42 Å². The molecular formula is C16H24O. The fraction of sp³-hybridized carbons (Fsp3) is 0.500. The van der Waals surface area contributed by atoms with Crippen molar-refractivity contribution in [1.29, 1.82) is 0 Å². The number of rotatable bonds is 7. The van der Waals surface area contributed by atoms with E-state index >= 15 is 0 Å². The first-order chi connectivity index (χ1) is 8.31. The molecule has 1 rings (SSSR count).